The highest BCUT2D eigenvalue weighted by Crippen LogP contribution is 2.29. The Hall–Kier alpha value is -3.23. The molecule has 0 atom stereocenters. The van der Waals surface area contributed by atoms with Crippen molar-refractivity contribution in [3.63, 3.8) is 0 Å². The molecule has 8 heteroatoms. The molecule has 6 nitrogen and oxygen atoms in total. The molecule has 3 aromatic rings. The van der Waals surface area contributed by atoms with Crippen molar-refractivity contribution in [1.29, 1.82) is 0 Å². The monoisotopic (exact) mass is 414 g/mol. The minimum absolute atomic E-state index is 0.0954. The molecule has 0 heterocycles. The molecule has 0 aliphatic carbocycles. The van der Waals surface area contributed by atoms with Crippen LogP contribution in [-0.2, 0) is 14.8 Å². The highest BCUT2D eigenvalue weighted by atomic mass is 32.2. The van der Waals surface area contributed by atoms with Gasteiger partial charge in [-0.25, -0.2) is 12.8 Å². The maximum atomic E-state index is 13.0. The third kappa shape index (κ3) is 5.18. The van der Waals surface area contributed by atoms with Crippen molar-refractivity contribution in [1.82, 2.24) is 4.31 Å². The van der Waals surface area contributed by atoms with Crippen molar-refractivity contribution >= 4 is 21.6 Å². The number of rotatable bonds is 7. The van der Waals surface area contributed by atoms with Crippen molar-refractivity contribution < 1.29 is 22.3 Å². The quantitative estimate of drug-likeness (QED) is 0.637. The molecule has 0 saturated heterocycles. The number of likely N-dealkylation sites (N-methyl/N-ethyl adjacent to an activating group) is 1. The van der Waals surface area contributed by atoms with E-state index in [1.807, 2.05) is 18.2 Å². The summed E-state index contributed by atoms with van der Waals surface area (Å²) in [6.07, 6.45) is 0. The number of hydrogen-bond donors (Lipinski definition) is 1. The Bertz CT molecular complexity index is 1090. The van der Waals surface area contributed by atoms with Crippen LogP contribution >= 0.6 is 0 Å². The van der Waals surface area contributed by atoms with Gasteiger partial charge in [0.1, 0.15) is 11.6 Å². The van der Waals surface area contributed by atoms with Gasteiger partial charge in [0.15, 0.2) is 5.75 Å². The lowest BCUT2D eigenvalue weighted by Crippen LogP contribution is -2.35. The number of para-hydroxylation sites is 3. The fourth-order valence-corrected chi connectivity index (χ4v) is 3.66. The van der Waals surface area contributed by atoms with Gasteiger partial charge in [0.25, 0.3) is 0 Å². The van der Waals surface area contributed by atoms with Crippen LogP contribution in [0.15, 0.2) is 83.8 Å². The first-order valence-corrected chi connectivity index (χ1v) is 10.1. The summed E-state index contributed by atoms with van der Waals surface area (Å²) in [6, 6.07) is 20.3. The smallest absolute Gasteiger partial charge is 0.243 e. The minimum Gasteiger partial charge on any atom is -0.455 e. The summed E-state index contributed by atoms with van der Waals surface area (Å²) in [5.41, 5.74) is 0.411. The summed E-state index contributed by atoms with van der Waals surface area (Å²) < 4.78 is 44.8. The van der Waals surface area contributed by atoms with Crippen molar-refractivity contribution in [3.05, 3.63) is 84.7 Å². The van der Waals surface area contributed by atoms with E-state index >= 15 is 0 Å². The predicted octanol–water partition coefficient (Wildman–Crippen LogP) is 3.88. The van der Waals surface area contributed by atoms with E-state index in [1.165, 1.54) is 7.05 Å². The van der Waals surface area contributed by atoms with Crippen LogP contribution in [0.3, 0.4) is 0 Å². The van der Waals surface area contributed by atoms with Crippen LogP contribution in [0.2, 0.25) is 0 Å². The largest absolute Gasteiger partial charge is 0.455 e. The zero-order valence-corrected chi connectivity index (χ0v) is 16.4. The van der Waals surface area contributed by atoms with Gasteiger partial charge in [0, 0.05) is 7.05 Å². The van der Waals surface area contributed by atoms with Gasteiger partial charge < -0.3 is 10.1 Å². The van der Waals surface area contributed by atoms with Gasteiger partial charge in [0.05, 0.1) is 17.1 Å². The Morgan fingerprint density at radius 1 is 0.966 bits per heavy atom. The molecule has 3 aromatic carbocycles. The number of halogens is 1. The van der Waals surface area contributed by atoms with Gasteiger partial charge in [-0.2, -0.15) is 4.31 Å². The lowest BCUT2D eigenvalue weighted by atomic mass is 10.3. The van der Waals surface area contributed by atoms with Gasteiger partial charge >= 0.3 is 0 Å². The molecular formula is C21H19FN2O4S. The van der Waals surface area contributed by atoms with E-state index in [0.29, 0.717) is 17.2 Å². The maximum absolute atomic E-state index is 13.0. The summed E-state index contributed by atoms with van der Waals surface area (Å²) in [4.78, 5) is 12.3. The molecule has 0 aliphatic rings. The number of benzene rings is 3. The van der Waals surface area contributed by atoms with Gasteiger partial charge in [-0.15, -0.1) is 0 Å². The Balaban J connectivity index is 1.70. The van der Waals surface area contributed by atoms with Crippen LogP contribution in [0, 0.1) is 5.82 Å². The number of amides is 1. The lowest BCUT2D eigenvalue weighted by molar-refractivity contribution is -0.116. The average Bonchev–Trinajstić information content (AvgIpc) is 2.70. The highest BCUT2D eigenvalue weighted by Gasteiger charge is 2.23. The van der Waals surface area contributed by atoms with Crippen LogP contribution in [0.5, 0.6) is 11.5 Å². The van der Waals surface area contributed by atoms with Gasteiger partial charge in [-0.05, 0) is 48.5 Å². The van der Waals surface area contributed by atoms with E-state index in [0.717, 1.165) is 28.6 Å². The van der Waals surface area contributed by atoms with Crippen LogP contribution in [0.4, 0.5) is 10.1 Å². The molecule has 0 spiro atoms. The van der Waals surface area contributed by atoms with E-state index in [4.69, 9.17) is 4.74 Å². The number of ether oxygens (including phenoxy) is 1. The van der Waals surface area contributed by atoms with E-state index in [-0.39, 0.29) is 4.90 Å². The first-order chi connectivity index (χ1) is 13.9. The number of nitrogens with zero attached hydrogens (tertiary/aromatic N) is 1. The third-order valence-corrected chi connectivity index (χ3v) is 5.84. The molecule has 0 saturated carbocycles. The van der Waals surface area contributed by atoms with Gasteiger partial charge in [0.2, 0.25) is 15.9 Å². The summed E-state index contributed by atoms with van der Waals surface area (Å²) in [7, 11) is -2.64. The summed E-state index contributed by atoms with van der Waals surface area (Å²) >= 11 is 0. The number of anilines is 1. The van der Waals surface area contributed by atoms with E-state index in [9.17, 15) is 17.6 Å². The number of carbonyl (C=O) groups is 1. The lowest BCUT2D eigenvalue weighted by Gasteiger charge is -2.18. The molecular weight excluding hydrogens is 395 g/mol. The van der Waals surface area contributed by atoms with Crippen molar-refractivity contribution in [2.24, 2.45) is 0 Å². The number of nitrogens with one attached hydrogen (secondary N) is 1. The molecule has 0 bridgehead atoms. The standard InChI is InChI=1S/C21H19FN2O4S/c1-24(29(26,27)18-13-11-16(22)12-14-18)15-21(25)23-19-9-5-6-10-20(19)28-17-7-3-2-4-8-17/h2-14H,15H2,1H3,(H,23,25). The van der Waals surface area contributed by atoms with Crippen LogP contribution in [0.1, 0.15) is 0 Å². The molecule has 0 aromatic heterocycles. The van der Waals surface area contributed by atoms with E-state index < -0.39 is 28.3 Å². The fourth-order valence-electron chi connectivity index (χ4n) is 2.54. The Kier molecular flexibility index (Phi) is 6.26. The highest BCUT2D eigenvalue weighted by molar-refractivity contribution is 7.89. The molecule has 1 amide bonds. The van der Waals surface area contributed by atoms with Crippen LogP contribution in [0.25, 0.3) is 0 Å². The van der Waals surface area contributed by atoms with Crippen LogP contribution in [-0.4, -0.2) is 32.2 Å². The Morgan fingerprint density at radius 3 is 2.28 bits per heavy atom. The zero-order valence-electron chi connectivity index (χ0n) is 15.6. The second-order valence-corrected chi connectivity index (χ2v) is 8.22. The molecule has 0 unspecified atom stereocenters. The third-order valence-electron chi connectivity index (χ3n) is 4.02. The predicted molar refractivity (Wildman–Crippen MR) is 108 cm³/mol. The van der Waals surface area contributed by atoms with Crippen LogP contribution < -0.4 is 10.1 Å². The van der Waals surface area contributed by atoms with Gasteiger partial charge in [-0.3, -0.25) is 4.79 Å². The molecule has 29 heavy (non-hydrogen) atoms. The van der Waals surface area contributed by atoms with E-state index in [2.05, 4.69) is 5.32 Å². The summed E-state index contributed by atoms with van der Waals surface area (Å²) in [5, 5.41) is 2.66. The minimum atomic E-state index is -3.93. The zero-order chi connectivity index (χ0) is 20.9. The van der Waals surface area contributed by atoms with Crippen molar-refractivity contribution in [2.45, 2.75) is 4.90 Å². The average molecular weight is 414 g/mol. The number of sulfonamides is 1. The fraction of sp³-hybridized carbons (Fsp3) is 0.0952. The topological polar surface area (TPSA) is 75.7 Å². The van der Waals surface area contributed by atoms with Crippen molar-refractivity contribution in [3.8, 4) is 11.5 Å². The number of hydrogen-bond acceptors (Lipinski definition) is 4. The first kappa shape index (κ1) is 20.5. The normalized spacial score (nSPS) is 11.3. The maximum Gasteiger partial charge on any atom is 0.243 e. The molecule has 0 fully saturated rings. The number of carbonyl (C=O) groups excluding carboxylic acids is 1. The molecule has 150 valence electrons. The molecule has 1 N–H and O–H groups in total. The molecule has 3 rings (SSSR count). The van der Waals surface area contributed by atoms with Crippen molar-refractivity contribution in [2.75, 3.05) is 18.9 Å². The second-order valence-electron chi connectivity index (χ2n) is 6.17. The van der Waals surface area contributed by atoms with Gasteiger partial charge in [-0.1, -0.05) is 30.3 Å². The Morgan fingerprint density at radius 2 is 1.59 bits per heavy atom. The Labute approximate surface area is 168 Å². The van der Waals surface area contributed by atoms with E-state index in [1.54, 1.807) is 36.4 Å². The second kappa shape index (κ2) is 8.85. The molecule has 0 aliphatic heterocycles. The summed E-state index contributed by atoms with van der Waals surface area (Å²) in [6.45, 7) is -0.417. The summed E-state index contributed by atoms with van der Waals surface area (Å²) in [5.74, 6) is -0.0528. The SMILES string of the molecule is CN(CC(=O)Nc1ccccc1Oc1ccccc1)S(=O)(=O)c1ccc(F)cc1. The first-order valence-electron chi connectivity index (χ1n) is 8.70. The molecule has 0 radical (unpaired) electrons.